The summed E-state index contributed by atoms with van der Waals surface area (Å²) in [6.07, 6.45) is -0.235. The Hall–Kier alpha value is -4.07. The number of amides is 1. The minimum Gasteiger partial charge on any atom is -0.490 e. The third kappa shape index (κ3) is 5.12. The molecule has 7 nitrogen and oxygen atoms in total. The van der Waals surface area contributed by atoms with Crippen LogP contribution in [0.5, 0.6) is 11.5 Å². The molecule has 4 rings (SSSR count). The lowest BCUT2D eigenvalue weighted by atomic mass is 9.82. The Morgan fingerprint density at radius 3 is 2.64 bits per heavy atom. The number of rotatable bonds is 7. The van der Waals surface area contributed by atoms with Crippen molar-refractivity contribution < 1.29 is 28.6 Å². The fourth-order valence-electron chi connectivity index (χ4n) is 4.23. The minimum atomic E-state index is -1.14. The van der Waals surface area contributed by atoms with Crippen LogP contribution in [-0.4, -0.2) is 43.3 Å². The van der Waals surface area contributed by atoms with E-state index in [1.54, 1.807) is 39.0 Å². The summed E-state index contributed by atoms with van der Waals surface area (Å²) in [4.78, 5) is 26.5. The second-order valence-corrected chi connectivity index (χ2v) is 9.45. The molecule has 188 valence electrons. The van der Waals surface area contributed by atoms with Crippen molar-refractivity contribution in [3.63, 3.8) is 0 Å². The molecule has 2 N–H and O–H groups in total. The summed E-state index contributed by atoms with van der Waals surface area (Å²) in [5.41, 5.74) is 1.44. The highest BCUT2D eigenvalue weighted by molar-refractivity contribution is 6.04. The molecule has 0 fully saturated rings. The summed E-state index contributed by atoms with van der Waals surface area (Å²) in [6.45, 7) is 5.83. The van der Waals surface area contributed by atoms with Crippen molar-refractivity contribution in [2.75, 3.05) is 30.4 Å². The lowest BCUT2D eigenvalue weighted by Crippen LogP contribution is -2.41. The summed E-state index contributed by atoms with van der Waals surface area (Å²) in [6, 6.07) is 16.8. The van der Waals surface area contributed by atoms with Gasteiger partial charge in [0.05, 0.1) is 23.2 Å². The van der Waals surface area contributed by atoms with Crippen LogP contribution in [0.4, 0.5) is 15.8 Å². The third-order valence-electron chi connectivity index (χ3n) is 6.37. The van der Waals surface area contributed by atoms with Crippen molar-refractivity contribution in [2.45, 2.75) is 32.3 Å². The summed E-state index contributed by atoms with van der Waals surface area (Å²) >= 11 is 0. The van der Waals surface area contributed by atoms with Gasteiger partial charge in [-0.2, -0.15) is 0 Å². The van der Waals surface area contributed by atoms with Gasteiger partial charge in [-0.3, -0.25) is 9.59 Å². The molecule has 1 aliphatic rings. The summed E-state index contributed by atoms with van der Waals surface area (Å²) in [7, 11) is 1.97. The highest BCUT2D eigenvalue weighted by Gasteiger charge is 2.31. The molecule has 1 aliphatic heterocycles. The molecule has 0 saturated heterocycles. The Labute approximate surface area is 209 Å². The number of nitrogens with one attached hydrogen (secondary N) is 1. The predicted molar refractivity (Wildman–Crippen MR) is 136 cm³/mol. The Balaban J connectivity index is 1.42. The molecular weight excluding hydrogens is 463 g/mol. The van der Waals surface area contributed by atoms with E-state index in [0.29, 0.717) is 17.8 Å². The SMILES string of the molecule is Cc1ccc(NC(=O)c2ccc(OC[C@@H]3CN(C)c4ccccc4O3)cc2F)cc1C(C)(C)C(=O)O. The zero-order valence-electron chi connectivity index (χ0n) is 20.7. The molecule has 8 heteroatoms. The number of fused-ring (bicyclic) bond motifs is 1. The number of carboxylic acid groups (broad SMARTS) is 1. The van der Waals surface area contributed by atoms with Crippen molar-refractivity contribution in [3.8, 4) is 11.5 Å². The van der Waals surface area contributed by atoms with Crippen LogP contribution in [0.2, 0.25) is 0 Å². The third-order valence-corrected chi connectivity index (χ3v) is 6.37. The number of anilines is 2. The maximum Gasteiger partial charge on any atom is 0.313 e. The number of aryl methyl sites for hydroxylation is 1. The average molecular weight is 493 g/mol. The van der Waals surface area contributed by atoms with Crippen LogP contribution in [0.3, 0.4) is 0 Å². The average Bonchev–Trinajstić information content (AvgIpc) is 2.83. The minimum absolute atomic E-state index is 0.149. The lowest BCUT2D eigenvalue weighted by molar-refractivity contribution is -0.142. The Kier molecular flexibility index (Phi) is 6.88. The smallest absolute Gasteiger partial charge is 0.313 e. The zero-order valence-corrected chi connectivity index (χ0v) is 20.7. The Morgan fingerprint density at radius 2 is 1.92 bits per heavy atom. The van der Waals surface area contributed by atoms with E-state index in [4.69, 9.17) is 9.47 Å². The van der Waals surface area contributed by atoms with Gasteiger partial charge < -0.3 is 24.8 Å². The number of nitrogens with zero attached hydrogens (tertiary/aromatic N) is 1. The van der Waals surface area contributed by atoms with Gasteiger partial charge in [0.1, 0.15) is 30.0 Å². The largest absolute Gasteiger partial charge is 0.490 e. The maximum absolute atomic E-state index is 14.8. The van der Waals surface area contributed by atoms with E-state index >= 15 is 0 Å². The van der Waals surface area contributed by atoms with Gasteiger partial charge in [0.15, 0.2) is 0 Å². The zero-order chi connectivity index (χ0) is 26.0. The summed E-state index contributed by atoms with van der Waals surface area (Å²) in [5.74, 6) is -1.30. The molecule has 1 amide bonds. The van der Waals surface area contributed by atoms with E-state index < -0.39 is 23.1 Å². The van der Waals surface area contributed by atoms with Crippen molar-refractivity contribution in [1.29, 1.82) is 0 Å². The fraction of sp³-hybridized carbons (Fsp3) is 0.286. The molecule has 0 saturated carbocycles. The molecule has 0 aromatic heterocycles. The first-order valence-electron chi connectivity index (χ1n) is 11.6. The van der Waals surface area contributed by atoms with Gasteiger partial charge in [-0.25, -0.2) is 4.39 Å². The topological polar surface area (TPSA) is 88.1 Å². The normalized spacial score (nSPS) is 15.0. The maximum atomic E-state index is 14.8. The number of ether oxygens (including phenoxy) is 2. The van der Waals surface area contributed by atoms with Gasteiger partial charge in [-0.1, -0.05) is 18.2 Å². The molecule has 3 aromatic rings. The number of hydrogen-bond donors (Lipinski definition) is 2. The molecule has 3 aromatic carbocycles. The van der Waals surface area contributed by atoms with E-state index in [0.717, 1.165) is 17.0 Å². The summed E-state index contributed by atoms with van der Waals surface area (Å²) in [5, 5.41) is 12.2. The highest BCUT2D eigenvalue weighted by Crippen LogP contribution is 2.32. The number of carboxylic acids is 1. The molecule has 36 heavy (non-hydrogen) atoms. The quantitative estimate of drug-likeness (QED) is 0.481. The lowest BCUT2D eigenvalue weighted by Gasteiger charge is -2.33. The van der Waals surface area contributed by atoms with E-state index in [1.807, 2.05) is 31.3 Å². The van der Waals surface area contributed by atoms with Gasteiger partial charge in [-0.05, 0) is 68.3 Å². The van der Waals surface area contributed by atoms with E-state index in [-0.39, 0.29) is 24.0 Å². The molecular formula is C28H29FN2O5. The second kappa shape index (κ2) is 9.89. The Bertz CT molecular complexity index is 1310. The molecule has 1 atom stereocenters. The first-order valence-corrected chi connectivity index (χ1v) is 11.6. The number of likely N-dealkylation sites (N-methyl/N-ethyl adjacent to an activating group) is 1. The standard InChI is InChI=1S/C28H29FN2O5/c1-17-9-10-18(13-22(17)28(2,3)27(33)34)30-26(32)21-12-11-19(14-23(21)29)35-16-20-15-31(4)24-7-5-6-8-25(24)36-20/h5-14,20H,15-16H2,1-4H3,(H,30,32)(H,33,34)/t20-/m0/s1. The van der Waals surface area contributed by atoms with E-state index in [1.165, 1.54) is 18.2 Å². The van der Waals surface area contributed by atoms with Crippen LogP contribution in [0, 0.1) is 12.7 Å². The molecule has 0 bridgehead atoms. The van der Waals surface area contributed by atoms with Gasteiger partial charge in [-0.15, -0.1) is 0 Å². The first-order chi connectivity index (χ1) is 17.1. The number of carbonyl (C=O) groups is 2. The number of carbonyl (C=O) groups excluding carboxylic acids is 1. The molecule has 1 heterocycles. The van der Waals surface area contributed by atoms with Crippen LogP contribution >= 0.6 is 0 Å². The number of hydrogen-bond acceptors (Lipinski definition) is 5. The monoisotopic (exact) mass is 492 g/mol. The van der Waals surface area contributed by atoms with E-state index in [2.05, 4.69) is 10.2 Å². The van der Waals surface area contributed by atoms with E-state index in [9.17, 15) is 19.1 Å². The van der Waals surface area contributed by atoms with Crippen LogP contribution in [-0.2, 0) is 10.2 Å². The van der Waals surface area contributed by atoms with Gasteiger partial charge in [0.25, 0.3) is 5.91 Å². The fourth-order valence-corrected chi connectivity index (χ4v) is 4.23. The van der Waals surface area contributed by atoms with Crippen LogP contribution < -0.4 is 19.7 Å². The van der Waals surface area contributed by atoms with Crippen molar-refractivity contribution >= 4 is 23.3 Å². The summed E-state index contributed by atoms with van der Waals surface area (Å²) < 4.78 is 26.5. The molecule has 0 unspecified atom stereocenters. The van der Waals surface area contributed by atoms with Crippen LogP contribution in [0.1, 0.15) is 35.3 Å². The number of aliphatic carboxylic acids is 1. The van der Waals surface area contributed by atoms with Crippen molar-refractivity contribution in [3.05, 3.63) is 83.2 Å². The van der Waals surface area contributed by atoms with Crippen molar-refractivity contribution in [1.82, 2.24) is 0 Å². The molecule has 0 spiro atoms. The van der Waals surface area contributed by atoms with Crippen molar-refractivity contribution in [2.24, 2.45) is 0 Å². The van der Waals surface area contributed by atoms with Crippen LogP contribution in [0.15, 0.2) is 60.7 Å². The Morgan fingerprint density at radius 1 is 1.17 bits per heavy atom. The second-order valence-electron chi connectivity index (χ2n) is 9.45. The van der Waals surface area contributed by atoms with Gasteiger partial charge in [0.2, 0.25) is 0 Å². The first kappa shape index (κ1) is 25.0. The van der Waals surface area contributed by atoms with Gasteiger partial charge in [0, 0.05) is 18.8 Å². The predicted octanol–water partition coefficient (Wildman–Crippen LogP) is 5.02. The number of para-hydroxylation sites is 2. The highest BCUT2D eigenvalue weighted by atomic mass is 19.1. The van der Waals surface area contributed by atoms with Crippen LogP contribution in [0.25, 0.3) is 0 Å². The number of halogens is 1. The number of benzene rings is 3. The molecule has 0 aliphatic carbocycles. The van der Waals surface area contributed by atoms with Gasteiger partial charge >= 0.3 is 5.97 Å². The molecule has 0 radical (unpaired) electrons.